The zero-order valence-corrected chi connectivity index (χ0v) is 12.7. The number of nitrogens with zero attached hydrogens (tertiary/aromatic N) is 2. The lowest BCUT2D eigenvalue weighted by atomic mass is 10.0. The van der Waals surface area contributed by atoms with Crippen LogP contribution in [-0.4, -0.2) is 22.8 Å². The molecule has 1 amide bonds. The first-order valence-electron chi connectivity index (χ1n) is 6.64. The molecule has 0 aliphatic carbocycles. The maximum Gasteiger partial charge on any atom is 0.244 e. The quantitative estimate of drug-likeness (QED) is 0.877. The van der Waals surface area contributed by atoms with Crippen molar-refractivity contribution in [3.05, 3.63) is 41.2 Å². The molecule has 112 valence electrons. The standard InChI is InChI=1S/C15H20N4O2/c1-9-13(10(2)19(3)18-9)14(15(16)20)17-11-6-5-7-12(8-11)21-4/h5-8,14,17H,1-4H3,(H2,16,20). The van der Waals surface area contributed by atoms with Crippen molar-refractivity contribution in [3.63, 3.8) is 0 Å². The topological polar surface area (TPSA) is 82.2 Å². The van der Waals surface area contributed by atoms with Crippen molar-refractivity contribution in [3.8, 4) is 5.75 Å². The molecule has 3 N–H and O–H groups in total. The average molecular weight is 288 g/mol. The summed E-state index contributed by atoms with van der Waals surface area (Å²) in [5.74, 6) is 0.264. The minimum absolute atomic E-state index is 0.447. The largest absolute Gasteiger partial charge is 0.497 e. The zero-order valence-electron chi connectivity index (χ0n) is 12.7. The summed E-state index contributed by atoms with van der Waals surface area (Å²) < 4.78 is 6.93. The molecule has 0 spiro atoms. The number of ether oxygens (including phenoxy) is 1. The second-order valence-electron chi connectivity index (χ2n) is 4.92. The lowest BCUT2D eigenvalue weighted by molar-refractivity contribution is -0.118. The molecule has 6 heteroatoms. The molecule has 1 heterocycles. The van der Waals surface area contributed by atoms with Gasteiger partial charge in [0.15, 0.2) is 0 Å². The van der Waals surface area contributed by atoms with Gasteiger partial charge in [-0.1, -0.05) is 6.07 Å². The zero-order chi connectivity index (χ0) is 15.6. The minimum atomic E-state index is -0.634. The maximum absolute atomic E-state index is 11.9. The van der Waals surface area contributed by atoms with Gasteiger partial charge in [-0.05, 0) is 26.0 Å². The van der Waals surface area contributed by atoms with Gasteiger partial charge in [0.2, 0.25) is 5.91 Å². The molecular formula is C15H20N4O2. The molecule has 6 nitrogen and oxygen atoms in total. The van der Waals surface area contributed by atoms with Crippen LogP contribution >= 0.6 is 0 Å². The molecule has 1 aromatic heterocycles. The first-order valence-corrected chi connectivity index (χ1v) is 6.64. The highest BCUT2D eigenvalue weighted by Gasteiger charge is 2.25. The Morgan fingerprint density at radius 2 is 2.14 bits per heavy atom. The van der Waals surface area contributed by atoms with Gasteiger partial charge < -0.3 is 15.8 Å². The Morgan fingerprint density at radius 1 is 1.43 bits per heavy atom. The number of methoxy groups -OCH3 is 1. The van der Waals surface area contributed by atoms with Crippen molar-refractivity contribution >= 4 is 11.6 Å². The van der Waals surface area contributed by atoms with Crippen LogP contribution in [0.15, 0.2) is 24.3 Å². The Morgan fingerprint density at radius 3 is 2.67 bits per heavy atom. The number of primary amides is 1. The Labute approximate surface area is 123 Å². The van der Waals surface area contributed by atoms with Crippen LogP contribution in [0.5, 0.6) is 5.75 Å². The number of anilines is 1. The fourth-order valence-electron chi connectivity index (χ4n) is 2.37. The van der Waals surface area contributed by atoms with E-state index in [1.165, 1.54) is 0 Å². The van der Waals surface area contributed by atoms with Crippen LogP contribution in [0.25, 0.3) is 0 Å². The van der Waals surface area contributed by atoms with Crippen LogP contribution in [0.1, 0.15) is 23.0 Å². The van der Waals surface area contributed by atoms with Crippen molar-refractivity contribution in [1.82, 2.24) is 9.78 Å². The molecule has 0 saturated heterocycles. The molecule has 0 aliphatic rings. The predicted octanol–water partition coefficient (Wildman–Crippen LogP) is 1.68. The summed E-state index contributed by atoms with van der Waals surface area (Å²) in [6.45, 7) is 3.78. The number of rotatable bonds is 5. The Kier molecular flexibility index (Phi) is 4.16. The lowest BCUT2D eigenvalue weighted by Gasteiger charge is -2.18. The van der Waals surface area contributed by atoms with Gasteiger partial charge in [-0.15, -0.1) is 0 Å². The van der Waals surface area contributed by atoms with Gasteiger partial charge in [0.25, 0.3) is 0 Å². The van der Waals surface area contributed by atoms with Crippen LogP contribution < -0.4 is 15.8 Å². The number of aromatic nitrogens is 2. The van der Waals surface area contributed by atoms with E-state index in [9.17, 15) is 4.79 Å². The Hall–Kier alpha value is -2.50. The van der Waals surface area contributed by atoms with Crippen LogP contribution in [0.2, 0.25) is 0 Å². The van der Waals surface area contributed by atoms with Crippen molar-refractivity contribution < 1.29 is 9.53 Å². The fraction of sp³-hybridized carbons (Fsp3) is 0.333. The number of aryl methyl sites for hydroxylation is 2. The third kappa shape index (κ3) is 2.99. The normalized spacial score (nSPS) is 12.0. The second-order valence-corrected chi connectivity index (χ2v) is 4.92. The number of carbonyl (C=O) groups is 1. The molecule has 0 bridgehead atoms. The van der Waals surface area contributed by atoms with E-state index in [-0.39, 0.29) is 0 Å². The average Bonchev–Trinajstić information content (AvgIpc) is 2.70. The van der Waals surface area contributed by atoms with Crippen molar-refractivity contribution in [1.29, 1.82) is 0 Å². The Bertz CT molecular complexity index is 664. The summed E-state index contributed by atoms with van der Waals surface area (Å²) in [7, 11) is 3.44. The van der Waals surface area contributed by atoms with Gasteiger partial charge in [-0.3, -0.25) is 9.48 Å². The van der Waals surface area contributed by atoms with E-state index >= 15 is 0 Å². The van der Waals surface area contributed by atoms with E-state index in [2.05, 4.69) is 10.4 Å². The van der Waals surface area contributed by atoms with Gasteiger partial charge in [0.1, 0.15) is 11.8 Å². The molecule has 1 aromatic carbocycles. The van der Waals surface area contributed by atoms with Crippen LogP contribution in [0, 0.1) is 13.8 Å². The molecular weight excluding hydrogens is 268 g/mol. The second kappa shape index (κ2) is 5.87. The highest BCUT2D eigenvalue weighted by molar-refractivity contribution is 5.85. The lowest BCUT2D eigenvalue weighted by Crippen LogP contribution is -2.28. The highest BCUT2D eigenvalue weighted by Crippen LogP contribution is 2.26. The SMILES string of the molecule is COc1cccc(NC(C(N)=O)c2c(C)nn(C)c2C)c1. The third-order valence-corrected chi connectivity index (χ3v) is 3.52. The third-order valence-electron chi connectivity index (χ3n) is 3.52. The number of benzene rings is 1. The summed E-state index contributed by atoms with van der Waals surface area (Å²) in [6, 6.07) is 6.73. The summed E-state index contributed by atoms with van der Waals surface area (Å²) in [4.78, 5) is 11.9. The van der Waals surface area contributed by atoms with E-state index in [4.69, 9.17) is 10.5 Å². The number of nitrogens with one attached hydrogen (secondary N) is 1. The molecule has 21 heavy (non-hydrogen) atoms. The number of amides is 1. The molecule has 2 aromatic rings. The molecule has 1 atom stereocenters. The van der Waals surface area contributed by atoms with Gasteiger partial charge in [-0.2, -0.15) is 5.10 Å². The predicted molar refractivity (Wildman–Crippen MR) is 81.2 cm³/mol. The van der Waals surface area contributed by atoms with Crippen LogP contribution in [-0.2, 0) is 11.8 Å². The van der Waals surface area contributed by atoms with Crippen molar-refractivity contribution in [2.75, 3.05) is 12.4 Å². The monoisotopic (exact) mass is 288 g/mol. The summed E-state index contributed by atoms with van der Waals surface area (Å²) in [5.41, 5.74) is 8.84. The van der Waals surface area contributed by atoms with E-state index in [0.29, 0.717) is 5.75 Å². The van der Waals surface area contributed by atoms with E-state index in [1.807, 2.05) is 45.2 Å². The van der Waals surface area contributed by atoms with E-state index in [0.717, 1.165) is 22.6 Å². The van der Waals surface area contributed by atoms with Gasteiger partial charge in [-0.25, -0.2) is 0 Å². The molecule has 0 radical (unpaired) electrons. The number of hydrogen-bond donors (Lipinski definition) is 2. The first-order chi connectivity index (χ1) is 9.93. The Balaban J connectivity index is 2.38. The summed E-state index contributed by atoms with van der Waals surface area (Å²) >= 11 is 0. The summed E-state index contributed by atoms with van der Waals surface area (Å²) in [6.07, 6.45) is 0. The number of nitrogens with two attached hydrogens (primary N) is 1. The molecule has 2 rings (SSSR count). The first kappa shape index (κ1) is 14.9. The molecule has 0 fully saturated rings. The molecule has 0 aliphatic heterocycles. The van der Waals surface area contributed by atoms with Gasteiger partial charge in [0.05, 0.1) is 12.8 Å². The summed E-state index contributed by atoms with van der Waals surface area (Å²) in [5, 5.41) is 7.49. The minimum Gasteiger partial charge on any atom is -0.497 e. The maximum atomic E-state index is 11.9. The van der Waals surface area contributed by atoms with Gasteiger partial charge in [0, 0.05) is 30.1 Å². The smallest absolute Gasteiger partial charge is 0.244 e. The molecule has 1 unspecified atom stereocenters. The highest BCUT2D eigenvalue weighted by atomic mass is 16.5. The van der Waals surface area contributed by atoms with Crippen LogP contribution in [0.3, 0.4) is 0 Å². The van der Waals surface area contributed by atoms with E-state index in [1.54, 1.807) is 11.8 Å². The fourth-order valence-corrected chi connectivity index (χ4v) is 2.37. The van der Waals surface area contributed by atoms with E-state index < -0.39 is 11.9 Å². The van der Waals surface area contributed by atoms with Crippen molar-refractivity contribution in [2.24, 2.45) is 12.8 Å². The van der Waals surface area contributed by atoms with Crippen molar-refractivity contribution in [2.45, 2.75) is 19.9 Å². The number of hydrogen-bond acceptors (Lipinski definition) is 4. The van der Waals surface area contributed by atoms with Crippen LogP contribution in [0.4, 0.5) is 5.69 Å². The number of carbonyl (C=O) groups excluding carboxylic acids is 1. The van der Waals surface area contributed by atoms with Gasteiger partial charge >= 0.3 is 0 Å². The molecule has 0 saturated carbocycles.